The van der Waals surface area contributed by atoms with Gasteiger partial charge in [-0.15, -0.1) is 10.2 Å². The summed E-state index contributed by atoms with van der Waals surface area (Å²) in [5.74, 6) is 7.46. The van der Waals surface area contributed by atoms with Crippen LogP contribution < -0.4 is 16.1 Å². The van der Waals surface area contributed by atoms with Crippen LogP contribution in [0.4, 0.5) is 11.4 Å². The number of nitrogens with one attached hydrogen (secondary N) is 1. The van der Waals surface area contributed by atoms with Crippen LogP contribution in [-0.4, -0.2) is 39.6 Å². The Morgan fingerprint density at radius 1 is 1.11 bits per heavy atom. The van der Waals surface area contributed by atoms with Crippen molar-refractivity contribution in [1.29, 1.82) is 0 Å². The third-order valence-corrected chi connectivity index (χ3v) is 6.03. The highest BCUT2D eigenvalue weighted by Crippen LogP contribution is 2.39. The van der Waals surface area contributed by atoms with Crippen LogP contribution in [0.1, 0.15) is 50.3 Å². The second-order valence-electron chi connectivity index (χ2n) is 7.27. The van der Waals surface area contributed by atoms with E-state index in [2.05, 4.69) is 32.5 Å². The van der Waals surface area contributed by atoms with E-state index in [1.54, 1.807) is 0 Å². The number of amides is 1. The molecule has 1 aromatic carbocycles. The van der Waals surface area contributed by atoms with E-state index in [0.29, 0.717) is 11.1 Å². The fraction of sp³-hybridized carbons (Fsp3) is 0.526. The number of thioether (sulfide) groups is 1. The molecular weight excluding hydrogens is 360 g/mol. The molecule has 2 fully saturated rings. The normalized spacial score (nSPS) is 17.6. The molecule has 1 saturated heterocycles. The number of hydrogen-bond acceptors (Lipinski definition) is 6. The predicted molar refractivity (Wildman–Crippen MR) is 109 cm³/mol. The van der Waals surface area contributed by atoms with Crippen molar-refractivity contribution in [3.63, 3.8) is 0 Å². The minimum absolute atomic E-state index is 0.0708. The highest BCUT2D eigenvalue weighted by molar-refractivity contribution is 7.99. The van der Waals surface area contributed by atoms with Crippen molar-refractivity contribution in [3.8, 4) is 0 Å². The van der Waals surface area contributed by atoms with Crippen LogP contribution in [0.5, 0.6) is 0 Å². The fourth-order valence-electron chi connectivity index (χ4n) is 3.42. The van der Waals surface area contributed by atoms with Gasteiger partial charge in [-0.1, -0.05) is 24.6 Å². The Morgan fingerprint density at radius 3 is 2.48 bits per heavy atom. The zero-order valence-electron chi connectivity index (χ0n) is 15.4. The molecule has 144 valence electrons. The van der Waals surface area contributed by atoms with E-state index >= 15 is 0 Å². The van der Waals surface area contributed by atoms with Gasteiger partial charge in [0.2, 0.25) is 11.1 Å². The van der Waals surface area contributed by atoms with E-state index in [0.717, 1.165) is 37.4 Å². The first-order valence-electron chi connectivity index (χ1n) is 9.69. The molecule has 8 heteroatoms. The Balaban J connectivity index is 1.29. The number of nitrogens with two attached hydrogens (primary N) is 1. The number of hydrogen-bond donors (Lipinski definition) is 2. The lowest BCUT2D eigenvalue weighted by Crippen LogP contribution is -2.23. The van der Waals surface area contributed by atoms with Gasteiger partial charge in [-0.3, -0.25) is 4.79 Å². The van der Waals surface area contributed by atoms with Gasteiger partial charge in [0.25, 0.3) is 0 Å². The molecule has 0 unspecified atom stereocenters. The zero-order valence-corrected chi connectivity index (χ0v) is 16.2. The topological polar surface area (TPSA) is 89.1 Å². The van der Waals surface area contributed by atoms with Crippen molar-refractivity contribution in [2.45, 2.75) is 49.6 Å². The van der Waals surface area contributed by atoms with Crippen LogP contribution in [0, 0.1) is 0 Å². The lowest BCUT2D eigenvalue weighted by Gasteiger charge is -2.22. The maximum atomic E-state index is 12.2. The summed E-state index contributed by atoms with van der Waals surface area (Å²) in [4.78, 5) is 14.7. The largest absolute Gasteiger partial charge is 0.372 e. The average molecular weight is 387 g/mol. The highest BCUT2D eigenvalue weighted by Gasteiger charge is 2.30. The molecule has 2 heterocycles. The van der Waals surface area contributed by atoms with Crippen molar-refractivity contribution in [3.05, 3.63) is 30.1 Å². The fourth-order valence-corrected chi connectivity index (χ4v) is 4.08. The molecule has 27 heavy (non-hydrogen) atoms. The molecule has 0 spiro atoms. The van der Waals surface area contributed by atoms with Crippen LogP contribution in [0.2, 0.25) is 0 Å². The third kappa shape index (κ3) is 4.55. The van der Waals surface area contributed by atoms with Crippen molar-refractivity contribution in [2.24, 2.45) is 0 Å². The van der Waals surface area contributed by atoms with Crippen molar-refractivity contribution < 1.29 is 4.79 Å². The summed E-state index contributed by atoms with van der Waals surface area (Å²) in [6, 6.07) is 8.12. The van der Waals surface area contributed by atoms with Gasteiger partial charge >= 0.3 is 0 Å². The molecule has 0 atom stereocenters. The molecule has 7 nitrogen and oxygen atoms in total. The van der Waals surface area contributed by atoms with Crippen LogP contribution in [0.25, 0.3) is 0 Å². The first-order chi connectivity index (χ1) is 13.2. The molecule has 2 aliphatic rings. The highest BCUT2D eigenvalue weighted by atomic mass is 32.2. The lowest BCUT2D eigenvalue weighted by molar-refractivity contribution is -0.113. The smallest absolute Gasteiger partial charge is 0.234 e. The number of carbonyl (C=O) groups excluding carboxylic acids is 1. The number of nitrogen functional groups attached to an aromatic ring is 1. The molecule has 2 aromatic rings. The monoisotopic (exact) mass is 386 g/mol. The zero-order chi connectivity index (χ0) is 18.6. The Labute approximate surface area is 163 Å². The average Bonchev–Trinajstić information content (AvgIpc) is 3.48. The summed E-state index contributed by atoms with van der Waals surface area (Å²) in [5, 5.41) is 11.7. The molecule has 1 amide bonds. The second kappa shape index (κ2) is 8.21. The van der Waals surface area contributed by atoms with E-state index in [9.17, 15) is 4.79 Å². The Kier molecular flexibility index (Phi) is 5.52. The quantitative estimate of drug-likeness (QED) is 0.586. The summed E-state index contributed by atoms with van der Waals surface area (Å²) in [6.07, 6.45) is 7.39. The van der Waals surface area contributed by atoms with Gasteiger partial charge in [0.1, 0.15) is 0 Å². The van der Waals surface area contributed by atoms with Gasteiger partial charge in [-0.05, 0) is 49.9 Å². The molecule has 0 bridgehead atoms. The van der Waals surface area contributed by atoms with Gasteiger partial charge in [-0.2, -0.15) is 0 Å². The number of rotatable bonds is 6. The lowest BCUT2D eigenvalue weighted by atomic mass is 10.2. The maximum Gasteiger partial charge on any atom is 0.234 e. The Hall–Kier alpha value is -2.22. The van der Waals surface area contributed by atoms with Gasteiger partial charge in [0, 0.05) is 30.4 Å². The minimum atomic E-state index is -0.0708. The molecule has 1 saturated carbocycles. The predicted octanol–water partition coefficient (Wildman–Crippen LogP) is 2.98. The number of anilines is 2. The van der Waals surface area contributed by atoms with Crippen LogP contribution in [-0.2, 0) is 4.79 Å². The van der Waals surface area contributed by atoms with Crippen LogP contribution in [0.3, 0.4) is 0 Å². The second-order valence-corrected chi connectivity index (χ2v) is 8.21. The summed E-state index contributed by atoms with van der Waals surface area (Å²) >= 11 is 1.31. The number of aromatic nitrogens is 3. The molecule has 0 radical (unpaired) electrons. The van der Waals surface area contributed by atoms with Crippen molar-refractivity contribution in [2.75, 3.05) is 34.9 Å². The Bertz CT molecular complexity index is 778. The first kappa shape index (κ1) is 18.2. The van der Waals surface area contributed by atoms with E-state index in [1.165, 1.54) is 47.8 Å². The SMILES string of the molecule is Nn1c(SCC(=O)Nc2ccc(N3CCCCCC3)cc2)nnc1C1CC1. The first-order valence-corrected chi connectivity index (χ1v) is 10.7. The van der Waals surface area contributed by atoms with E-state index in [4.69, 9.17) is 5.84 Å². The van der Waals surface area contributed by atoms with Crippen LogP contribution in [0.15, 0.2) is 29.4 Å². The third-order valence-electron chi connectivity index (χ3n) is 5.09. The van der Waals surface area contributed by atoms with E-state index in [1.807, 2.05) is 12.1 Å². The van der Waals surface area contributed by atoms with Gasteiger partial charge in [0.05, 0.1) is 5.75 Å². The number of nitrogens with zero attached hydrogens (tertiary/aromatic N) is 4. The van der Waals surface area contributed by atoms with Crippen LogP contribution >= 0.6 is 11.8 Å². The molecule has 1 aliphatic carbocycles. The summed E-state index contributed by atoms with van der Waals surface area (Å²) in [6.45, 7) is 2.23. The summed E-state index contributed by atoms with van der Waals surface area (Å²) < 4.78 is 1.52. The number of carbonyl (C=O) groups is 1. The molecule has 1 aromatic heterocycles. The van der Waals surface area contributed by atoms with Gasteiger partial charge < -0.3 is 16.1 Å². The van der Waals surface area contributed by atoms with Gasteiger partial charge in [-0.25, -0.2) is 4.68 Å². The molecular formula is C19H26N6OS. The molecule has 1 aliphatic heterocycles. The standard InChI is InChI=1S/C19H26N6OS/c20-25-18(14-5-6-14)22-23-19(25)27-13-17(26)21-15-7-9-16(10-8-15)24-11-3-1-2-4-12-24/h7-10,14H,1-6,11-13,20H2,(H,21,26). The van der Waals surface area contributed by atoms with Crippen molar-refractivity contribution >= 4 is 29.0 Å². The summed E-state index contributed by atoms with van der Waals surface area (Å²) in [5.41, 5.74) is 2.04. The minimum Gasteiger partial charge on any atom is -0.372 e. The van der Waals surface area contributed by atoms with E-state index in [-0.39, 0.29) is 11.7 Å². The summed E-state index contributed by atoms with van der Waals surface area (Å²) in [7, 11) is 0. The van der Waals surface area contributed by atoms with E-state index < -0.39 is 0 Å². The van der Waals surface area contributed by atoms with Gasteiger partial charge in [0.15, 0.2) is 5.82 Å². The molecule has 3 N–H and O–H groups in total. The number of benzene rings is 1. The van der Waals surface area contributed by atoms with Crippen molar-refractivity contribution in [1.82, 2.24) is 14.9 Å². The maximum absolute atomic E-state index is 12.2. The molecule has 4 rings (SSSR count). The Morgan fingerprint density at radius 2 is 1.81 bits per heavy atom.